The Balaban J connectivity index is 1.46. The first-order valence-corrected chi connectivity index (χ1v) is 10.9. The molecule has 5 rings (SSSR count). The third-order valence-electron chi connectivity index (χ3n) is 5.88. The molecule has 0 radical (unpaired) electrons. The van der Waals surface area contributed by atoms with E-state index in [4.69, 9.17) is 9.47 Å². The minimum atomic E-state index is -2.87. The number of nitrogens with zero attached hydrogens (tertiary/aromatic N) is 4. The van der Waals surface area contributed by atoms with Crippen LogP contribution in [0.25, 0.3) is 16.8 Å². The molecule has 1 aliphatic rings. The summed E-state index contributed by atoms with van der Waals surface area (Å²) in [6.07, 6.45) is 4.32. The smallest absolute Gasteiger partial charge is 0.387 e. The number of para-hydroxylation sites is 1. The lowest BCUT2D eigenvalue weighted by atomic mass is 10.1. The van der Waals surface area contributed by atoms with Crippen LogP contribution < -0.4 is 9.64 Å². The van der Waals surface area contributed by atoms with E-state index in [2.05, 4.69) is 20.9 Å². The second-order valence-electron chi connectivity index (χ2n) is 7.96. The van der Waals surface area contributed by atoms with Gasteiger partial charge in [-0.15, -0.1) is 0 Å². The summed E-state index contributed by atoms with van der Waals surface area (Å²) in [4.78, 5) is 11.5. The molecule has 170 valence electrons. The molecular weight excluding hydrogens is 426 g/mol. The Hall–Kier alpha value is -3.52. The quantitative estimate of drug-likeness (QED) is 0.425. The van der Waals surface area contributed by atoms with E-state index in [0.717, 1.165) is 47.1 Å². The molecule has 4 heterocycles. The minimum Gasteiger partial charge on any atom is -0.435 e. The van der Waals surface area contributed by atoms with E-state index >= 15 is 0 Å². The summed E-state index contributed by atoms with van der Waals surface area (Å²) in [6.45, 7) is 2.17. The van der Waals surface area contributed by atoms with Crippen LogP contribution in [0.15, 0.2) is 60.9 Å². The van der Waals surface area contributed by atoms with Gasteiger partial charge in [-0.3, -0.25) is 0 Å². The van der Waals surface area contributed by atoms with Crippen LogP contribution in [-0.2, 0) is 11.2 Å². The number of morpholine rings is 1. The van der Waals surface area contributed by atoms with E-state index in [-0.39, 0.29) is 5.75 Å². The molecule has 1 saturated heterocycles. The van der Waals surface area contributed by atoms with Crippen LogP contribution in [0.2, 0.25) is 0 Å². The summed E-state index contributed by atoms with van der Waals surface area (Å²) in [5, 5.41) is 0. The van der Waals surface area contributed by atoms with Crippen molar-refractivity contribution in [2.45, 2.75) is 20.0 Å². The van der Waals surface area contributed by atoms with Crippen molar-refractivity contribution in [3.05, 3.63) is 77.9 Å². The molecular formula is C25H24F2N4O2. The van der Waals surface area contributed by atoms with Crippen molar-refractivity contribution in [3.63, 3.8) is 0 Å². The fourth-order valence-corrected chi connectivity index (χ4v) is 4.17. The van der Waals surface area contributed by atoms with E-state index < -0.39 is 6.61 Å². The van der Waals surface area contributed by atoms with Crippen LogP contribution in [0.5, 0.6) is 5.75 Å². The average molecular weight is 450 g/mol. The maximum absolute atomic E-state index is 12.8. The molecule has 0 spiro atoms. The number of alkyl halides is 2. The van der Waals surface area contributed by atoms with Gasteiger partial charge >= 0.3 is 6.61 Å². The fourth-order valence-electron chi connectivity index (χ4n) is 4.17. The number of aryl methyl sites for hydroxylation is 1. The molecule has 33 heavy (non-hydrogen) atoms. The number of hydrogen-bond donors (Lipinski definition) is 0. The third kappa shape index (κ3) is 4.52. The molecule has 0 N–H and O–H groups in total. The second-order valence-corrected chi connectivity index (χ2v) is 7.96. The number of pyridine rings is 2. The van der Waals surface area contributed by atoms with Crippen LogP contribution in [-0.4, -0.2) is 47.3 Å². The molecule has 8 heteroatoms. The molecule has 0 atom stereocenters. The summed E-state index contributed by atoms with van der Waals surface area (Å²) in [5.74, 6) is 1.12. The number of imidazole rings is 1. The monoisotopic (exact) mass is 450 g/mol. The first-order valence-electron chi connectivity index (χ1n) is 10.9. The topological polar surface area (TPSA) is 51.9 Å². The zero-order valence-corrected chi connectivity index (χ0v) is 18.2. The van der Waals surface area contributed by atoms with Crippen LogP contribution in [0.3, 0.4) is 0 Å². The third-order valence-corrected chi connectivity index (χ3v) is 5.88. The first-order chi connectivity index (χ1) is 16.1. The number of ether oxygens (including phenoxy) is 2. The van der Waals surface area contributed by atoms with Gasteiger partial charge in [-0.05, 0) is 37.3 Å². The molecule has 0 bridgehead atoms. The predicted octanol–water partition coefficient (Wildman–Crippen LogP) is 4.73. The molecule has 0 amide bonds. The SMILES string of the molecule is Cc1nc2ccc(-c3ccc(N4CCOCC4)nc3)cn2c1Cc1ccccc1OC(F)F. The molecule has 1 aromatic carbocycles. The van der Waals surface area contributed by atoms with E-state index in [0.29, 0.717) is 25.2 Å². The minimum absolute atomic E-state index is 0.181. The van der Waals surface area contributed by atoms with Gasteiger partial charge in [0.1, 0.15) is 17.2 Å². The predicted molar refractivity (Wildman–Crippen MR) is 122 cm³/mol. The van der Waals surface area contributed by atoms with Crippen molar-refractivity contribution in [3.8, 4) is 16.9 Å². The Labute approximate surface area is 190 Å². The van der Waals surface area contributed by atoms with Crippen molar-refractivity contribution in [1.82, 2.24) is 14.4 Å². The maximum Gasteiger partial charge on any atom is 0.387 e. The number of benzene rings is 1. The highest BCUT2D eigenvalue weighted by molar-refractivity contribution is 5.65. The van der Waals surface area contributed by atoms with Crippen LogP contribution >= 0.6 is 0 Å². The maximum atomic E-state index is 12.8. The van der Waals surface area contributed by atoms with Crippen LogP contribution in [0, 0.1) is 6.92 Å². The van der Waals surface area contributed by atoms with Gasteiger partial charge in [-0.25, -0.2) is 9.97 Å². The fraction of sp³-hybridized carbons (Fsp3) is 0.280. The molecule has 0 saturated carbocycles. The summed E-state index contributed by atoms with van der Waals surface area (Å²) in [7, 11) is 0. The highest BCUT2D eigenvalue weighted by Gasteiger charge is 2.16. The number of halogens is 2. The van der Waals surface area contributed by atoms with Gasteiger partial charge in [0.25, 0.3) is 0 Å². The lowest BCUT2D eigenvalue weighted by Gasteiger charge is -2.27. The van der Waals surface area contributed by atoms with Gasteiger partial charge in [0.15, 0.2) is 0 Å². The number of rotatable bonds is 6. The summed E-state index contributed by atoms with van der Waals surface area (Å²) in [6, 6.07) is 14.9. The highest BCUT2D eigenvalue weighted by Crippen LogP contribution is 2.27. The molecule has 1 fully saturated rings. The highest BCUT2D eigenvalue weighted by atomic mass is 19.3. The second kappa shape index (κ2) is 9.15. The van der Waals surface area contributed by atoms with Crippen molar-refractivity contribution in [1.29, 1.82) is 0 Å². The van der Waals surface area contributed by atoms with Gasteiger partial charge in [0, 0.05) is 54.3 Å². The Morgan fingerprint density at radius 1 is 1.03 bits per heavy atom. The average Bonchev–Trinajstić information content (AvgIpc) is 3.15. The van der Waals surface area contributed by atoms with E-state index in [9.17, 15) is 8.78 Å². The Morgan fingerprint density at radius 2 is 1.82 bits per heavy atom. The number of hydrogen-bond acceptors (Lipinski definition) is 5. The lowest BCUT2D eigenvalue weighted by Crippen LogP contribution is -2.36. The van der Waals surface area contributed by atoms with Crippen molar-refractivity contribution < 1.29 is 18.3 Å². The Kier molecular flexibility index (Phi) is 5.92. The standard InChI is InChI=1S/C25H24F2N4O2/c1-17-21(14-18-4-2-3-5-22(18)33-25(26)27)31-16-20(7-9-24(31)29-17)19-6-8-23(28-15-19)30-10-12-32-13-11-30/h2-9,15-16,25H,10-14H2,1H3. The van der Waals surface area contributed by atoms with Gasteiger partial charge in [0.05, 0.1) is 18.9 Å². The summed E-state index contributed by atoms with van der Waals surface area (Å²) >= 11 is 0. The molecule has 0 aliphatic carbocycles. The molecule has 4 aromatic rings. The van der Waals surface area contributed by atoms with Crippen LogP contribution in [0.4, 0.5) is 14.6 Å². The largest absolute Gasteiger partial charge is 0.435 e. The molecule has 1 aliphatic heterocycles. The normalized spacial score (nSPS) is 14.2. The van der Waals surface area contributed by atoms with Gasteiger partial charge in [0.2, 0.25) is 0 Å². The van der Waals surface area contributed by atoms with Crippen molar-refractivity contribution in [2.24, 2.45) is 0 Å². The van der Waals surface area contributed by atoms with E-state index in [1.165, 1.54) is 0 Å². The Morgan fingerprint density at radius 3 is 2.58 bits per heavy atom. The van der Waals surface area contributed by atoms with Gasteiger partial charge in [-0.2, -0.15) is 8.78 Å². The number of anilines is 1. The van der Waals surface area contributed by atoms with E-state index in [1.807, 2.05) is 48.0 Å². The molecule has 3 aromatic heterocycles. The Bertz CT molecular complexity index is 1250. The van der Waals surface area contributed by atoms with Gasteiger partial charge in [-0.1, -0.05) is 18.2 Å². The van der Waals surface area contributed by atoms with Crippen molar-refractivity contribution >= 4 is 11.5 Å². The molecule has 0 unspecified atom stereocenters. The lowest BCUT2D eigenvalue weighted by molar-refractivity contribution is -0.0503. The van der Waals surface area contributed by atoms with Gasteiger partial charge < -0.3 is 18.8 Å². The summed E-state index contributed by atoms with van der Waals surface area (Å²) in [5.41, 5.74) is 5.25. The van der Waals surface area contributed by atoms with Crippen LogP contribution in [0.1, 0.15) is 17.0 Å². The zero-order chi connectivity index (χ0) is 22.8. The van der Waals surface area contributed by atoms with Crippen molar-refractivity contribution in [2.75, 3.05) is 31.2 Å². The summed E-state index contributed by atoms with van der Waals surface area (Å²) < 4.78 is 37.8. The number of aromatic nitrogens is 3. The first kappa shape index (κ1) is 21.3. The van der Waals surface area contributed by atoms with E-state index in [1.54, 1.807) is 18.2 Å². The zero-order valence-electron chi connectivity index (χ0n) is 18.2. The molecule has 6 nitrogen and oxygen atoms in total. The number of fused-ring (bicyclic) bond motifs is 1.